The minimum absolute atomic E-state index is 0.107. The van der Waals surface area contributed by atoms with Crippen LogP contribution >= 0.6 is 17.0 Å². The van der Waals surface area contributed by atoms with Crippen LogP contribution in [0.25, 0.3) is 44.2 Å². The Morgan fingerprint density at radius 3 is 1.98 bits per heavy atom. The zero-order valence-electron chi connectivity index (χ0n) is 29.1. The summed E-state index contributed by atoms with van der Waals surface area (Å²) in [6.45, 7) is 16.2. The predicted octanol–water partition coefficient (Wildman–Crippen LogP) is 11.9. The smallest absolute Gasteiger partial charge is 0.0920 e. The molecule has 0 spiro atoms. The number of fused-ring (bicyclic) bond motifs is 4. The van der Waals surface area contributed by atoms with Crippen LogP contribution in [0, 0.1) is 6.07 Å². The summed E-state index contributed by atoms with van der Waals surface area (Å²) in [6, 6.07) is 45.6. The van der Waals surface area contributed by atoms with E-state index in [0.29, 0.717) is 0 Å². The van der Waals surface area contributed by atoms with E-state index in [1.807, 2.05) is 6.07 Å². The first-order valence-corrected chi connectivity index (χ1v) is 24.0. The molecule has 0 atom stereocenters. The van der Waals surface area contributed by atoms with E-state index >= 15 is 0 Å². The number of benzene rings is 5. The monoisotopic (exact) mass is 760 g/mol. The van der Waals surface area contributed by atoms with Crippen LogP contribution in [-0.2, 0) is 38.1 Å². The largest absolute Gasteiger partial charge is 0.184 e. The number of hydrogen-bond acceptors (Lipinski definition) is 0. The van der Waals surface area contributed by atoms with Crippen molar-refractivity contribution in [3.8, 4) is 33.4 Å². The minimum atomic E-state index is -0.826. The van der Waals surface area contributed by atoms with Crippen LogP contribution in [0.4, 0.5) is 0 Å². The van der Waals surface area contributed by atoms with E-state index in [1.54, 1.807) is 0 Å². The van der Waals surface area contributed by atoms with Crippen molar-refractivity contribution in [1.29, 1.82) is 0 Å². The molecule has 0 unspecified atom stereocenters. The maximum atomic E-state index is 4.93. The maximum Gasteiger partial charge on any atom is 0.0920 e. The number of halogens is 2. The van der Waals surface area contributed by atoms with Gasteiger partial charge in [-0.05, 0) is 39.5 Å². The van der Waals surface area contributed by atoms with Crippen LogP contribution in [0.1, 0.15) is 71.6 Å². The molecule has 0 bridgehead atoms. The third-order valence-corrected chi connectivity index (χ3v) is 10.3. The van der Waals surface area contributed by atoms with Gasteiger partial charge in [0.1, 0.15) is 0 Å². The molecule has 0 aromatic heterocycles. The van der Waals surface area contributed by atoms with Crippen molar-refractivity contribution >= 4 is 47.7 Å². The third kappa shape index (κ3) is 8.57. The van der Waals surface area contributed by atoms with Gasteiger partial charge >= 0.3 is 37.9 Å². The maximum absolute atomic E-state index is 4.93. The Hall–Kier alpha value is -2.61. The first-order valence-electron chi connectivity index (χ1n) is 16.7. The topological polar surface area (TPSA) is 0 Å². The Morgan fingerprint density at radius 2 is 1.33 bits per heavy atom. The Balaban J connectivity index is 0.000000231. The van der Waals surface area contributed by atoms with Gasteiger partial charge in [-0.3, -0.25) is 0 Å². The van der Waals surface area contributed by atoms with E-state index < -0.39 is 20.8 Å². The molecule has 1 aliphatic heterocycles. The Bertz CT molecular complexity index is 1900. The molecule has 6 aromatic carbocycles. The van der Waals surface area contributed by atoms with Crippen LogP contribution in [0.15, 0.2) is 115 Å². The molecular weight excluding hydrogens is 719 g/mol. The Kier molecular flexibility index (Phi) is 12.2. The summed E-state index contributed by atoms with van der Waals surface area (Å²) in [5.74, 6) is 0. The third-order valence-electron chi connectivity index (χ3n) is 8.89. The van der Waals surface area contributed by atoms with Crippen molar-refractivity contribution in [3.63, 3.8) is 0 Å². The van der Waals surface area contributed by atoms with Gasteiger partial charge in [-0.15, -0.1) is 40.1 Å². The van der Waals surface area contributed by atoms with Gasteiger partial charge in [0.2, 0.25) is 0 Å². The zero-order valence-corrected chi connectivity index (χ0v) is 34.1. The molecule has 0 saturated carbocycles. The average Bonchev–Trinajstić information content (AvgIpc) is 3.67. The molecule has 0 aliphatic carbocycles. The molecule has 0 amide bonds. The summed E-state index contributed by atoms with van der Waals surface area (Å²) >= 11 is -0.826. The first kappa shape index (κ1) is 36.7. The van der Waals surface area contributed by atoms with Crippen LogP contribution in [-0.4, -0.2) is 9.52 Å². The van der Waals surface area contributed by atoms with Gasteiger partial charge < -0.3 is 0 Å². The number of rotatable bonds is 4. The summed E-state index contributed by atoms with van der Waals surface area (Å²) in [5, 5.41) is 5.53. The van der Waals surface area contributed by atoms with Gasteiger partial charge in [-0.1, -0.05) is 156 Å². The van der Waals surface area contributed by atoms with E-state index in [0.717, 1.165) is 22.4 Å². The molecule has 7 rings (SSSR count). The molecule has 48 heavy (non-hydrogen) atoms. The van der Waals surface area contributed by atoms with Crippen LogP contribution < -0.4 is 10.4 Å². The van der Waals surface area contributed by atoms with Gasteiger partial charge in [-0.2, -0.15) is 29.5 Å². The van der Waals surface area contributed by atoms with Crippen molar-refractivity contribution < 1.29 is 20.8 Å². The summed E-state index contributed by atoms with van der Waals surface area (Å²) in [6.07, 6.45) is 2.25. The van der Waals surface area contributed by atoms with Gasteiger partial charge in [0.25, 0.3) is 0 Å². The second kappa shape index (κ2) is 15.9. The summed E-state index contributed by atoms with van der Waals surface area (Å²) < 4.78 is 0. The van der Waals surface area contributed by atoms with Gasteiger partial charge in [-0.25, -0.2) is 0 Å². The van der Waals surface area contributed by atoms with Gasteiger partial charge in [0.05, 0.1) is 9.52 Å². The minimum Gasteiger partial charge on any atom is -0.184 e. The molecule has 0 nitrogen and oxygen atoms in total. The summed E-state index contributed by atoms with van der Waals surface area (Å²) in [5.41, 5.74) is 12.6. The van der Waals surface area contributed by atoms with Crippen molar-refractivity contribution in [2.75, 3.05) is 0 Å². The molecule has 0 fully saturated rings. The fourth-order valence-corrected chi connectivity index (χ4v) is 7.62. The second-order valence-electron chi connectivity index (χ2n) is 14.5. The van der Waals surface area contributed by atoms with Crippen molar-refractivity contribution in [3.05, 3.63) is 138 Å². The standard InChI is InChI=1S/C32H37.C12H7Si.2ClH.Zr/c1-8-12-23-15-16-24-17-25(22-13-10-9-11-14-22)20-29(24)30(23)26-18-27(31(2,3)4)21-28(19-26)32(5,6)7;1-3-7-11-9(5-1)10-6-2-4-8-12(10)13-11;;;/h9-11,13-21H,8,12H2,1-7H3;1-7H;2*1H;/q2*-1;;;+4/p-2. The number of aryl methyl sites for hydroxylation is 1. The van der Waals surface area contributed by atoms with Gasteiger partial charge in [0, 0.05) is 0 Å². The average molecular weight is 763 g/mol. The molecule has 4 heteroatoms. The van der Waals surface area contributed by atoms with Crippen LogP contribution in [0.5, 0.6) is 0 Å². The van der Waals surface area contributed by atoms with E-state index in [1.165, 1.54) is 71.2 Å². The van der Waals surface area contributed by atoms with Gasteiger partial charge in [0.15, 0.2) is 0 Å². The van der Waals surface area contributed by atoms with Crippen LogP contribution in [0.2, 0.25) is 0 Å². The van der Waals surface area contributed by atoms with E-state index in [-0.39, 0.29) is 10.8 Å². The van der Waals surface area contributed by atoms with Crippen LogP contribution in [0.3, 0.4) is 0 Å². The van der Waals surface area contributed by atoms with Crippen molar-refractivity contribution in [2.45, 2.75) is 72.1 Å². The quantitative estimate of drug-likeness (QED) is 0.124. The number of hydrogen-bond donors (Lipinski definition) is 0. The van der Waals surface area contributed by atoms with E-state index in [4.69, 9.17) is 17.0 Å². The Morgan fingerprint density at radius 1 is 0.708 bits per heavy atom. The molecule has 0 saturated heterocycles. The fourth-order valence-electron chi connectivity index (χ4n) is 6.31. The molecular formula is C44H44Cl2SiZr. The van der Waals surface area contributed by atoms with Crippen molar-refractivity contribution in [1.82, 2.24) is 0 Å². The molecule has 2 radical (unpaired) electrons. The normalized spacial score (nSPS) is 11.9. The molecule has 242 valence electrons. The van der Waals surface area contributed by atoms with E-state index in [2.05, 4.69) is 164 Å². The van der Waals surface area contributed by atoms with E-state index in [9.17, 15) is 0 Å². The SMILES string of the molecule is CCCc1ccc2[cH-]c(-c3ccccc3)cc2c1-c1cc(C(C)(C)C)cc(C(C)(C)C)c1.[Cl][Zr+2][Cl].[c-]1cccc2c1[Si]c1ccccc1-2. The zero-order chi connectivity index (χ0) is 34.5. The Labute approximate surface area is 309 Å². The first-order chi connectivity index (χ1) is 22.9. The molecule has 6 aromatic rings. The summed E-state index contributed by atoms with van der Waals surface area (Å²) in [7, 11) is 10.7. The predicted molar refractivity (Wildman–Crippen MR) is 209 cm³/mol. The summed E-state index contributed by atoms with van der Waals surface area (Å²) in [4.78, 5) is 0. The second-order valence-corrected chi connectivity index (χ2v) is 19.5. The molecule has 1 aliphatic rings. The molecule has 1 heterocycles. The molecule has 0 N–H and O–H groups in total. The van der Waals surface area contributed by atoms with Crippen molar-refractivity contribution in [2.24, 2.45) is 0 Å². The fraction of sp³-hybridized carbons (Fsp3) is 0.250.